The van der Waals surface area contributed by atoms with Gasteiger partial charge in [0.05, 0.1) is 12.9 Å². The van der Waals surface area contributed by atoms with Crippen LogP contribution in [-0.4, -0.2) is 25.8 Å². The monoisotopic (exact) mass is 171 g/mol. The highest BCUT2D eigenvalue weighted by Gasteiger charge is 2.21. The first kappa shape index (κ1) is 8.70. The highest BCUT2D eigenvalue weighted by atomic mass is 16.5. The van der Waals surface area contributed by atoms with Crippen molar-refractivity contribution >= 4 is 6.09 Å². The molecule has 2 aliphatic heterocycles. The Morgan fingerprint density at radius 2 is 2.50 bits per heavy atom. The van der Waals surface area contributed by atoms with Crippen LogP contribution in [0.3, 0.4) is 0 Å². The molecule has 1 unspecified atom stereocenters. The number of ether oxygens (including phenoxy) is 1. The van der Waals surface area contributed by atoms with Crippen LogP contribution in [0, 0.1) is 0 Å². The average Bonchev–Trinajstić information content (AvgIpc) is 2.67. The lowest BCUT2D eigenvalue weighted by molar-refractivity contribution is 0.182. The molecule has 1 amide bonds. The van der Waals surface area contributed by atoms with Gasteiger partial charge in [-0.15, -0.1) is 0 Å². The molecule has 4 N–H and O–H groups in total. The number of carbonyl (C=O) groups is 1. The van der Waals surface area contributed by atoms with E-state index in [2.05, 4.69) is 27.2 Å². The van der Waals surface area contributed by atoms with Crippen LogP contribution in [0.2, 0.25) is 0 Å². The molecule has 0 aromatic heterocycles. The second-order valence-electron chi connectivity index (χ2n) is 2.60. The lowest BCUT2D eigenvalue weighted by atomic mass is 10.2. The van der Waals surface area contributed by atoms with Crippen LogP contribution in [0.15, 0.2) is 11.9 Å². The number of nitrogens with one attached hydrogen (secondary N) is 2. The fourth-order valence-corrected chi connectivity index (χ4v) is 1.09. The van der Waals surface area contributed by atoms with Crippen molar-refractivity contribution in [3.05, 3.63) is 11.9 Å². The Labute approximate surface area is 70.9 Å². The van der Waals surface area contributed by atoms with Crippen molar-refractivity contribution in [2.45, 2.75) is 12.5 Å². The van der Waals surface area contributed by atoms with Crippen molar-refractivity contribution in [1.82, 2.24) is 10.6 Å². The van der Waals surface area contributed by atoms with Crippen LogP contribution in [0.1, 0.15) is 6.42 Å². The Balaban J connectivity index is 0.000000130. The van der Waals surface area contributed by atoms with Gasteiger partial charge in [0.2, 0.25) is 0 Å². The molecule has 2 heterocycles. The van der Waals surface area contributed by atoms with E-state index in [1.165, 1.54) is 19.4 Å². The smallest absolute Gasteiger partial charge is 0.404 e. The molecule has 68 valence electrons. The molecular weight excluding hydrogens is 158 g/mol. The van der Waals surface area contributed by atoms with Gasteiger partial charge in [-0.3, -0.25) is 0 Å². The molecule has 1 atom stereocenters. The van der Waals surface area contributed by atoms with Gasteiger partial charge in [-0.25, -0.2) is 4.79 Å². The van der Waals surface area contributed by atoms with E-state index in [1.807, 2.05) is 0 Å². The first-order valence-electron chi connectivity index (χ1n) is 3.76. The zero-order chi connectivity index (χ0) is 8.97. The van der Waals surface area contributed by atoms with E-state index in [-0.39, 0.29) is 0 Å². The summed E-state index contributed by atoms with van der Waals surface area (Å²) in [5, 5.41) is 6.48. The van der Waals surface area contributed by atoms with Crippen LogP contribution < -0.4 is 16.4 Å². The number of primary amides is 1. The molecule has 0 aromatic carbocycles. The number of rotatable bonds is 0. The zero-order valence-electron chi connectivity index (χ0n) is 6.96. The van der Waals surface area contributed by atoms with Crippen LogP contribution in [-0.2, 0) is 4.74 Å². The summed E-state index contributed by atoms with van der Waals surface area (Å²) < 4.78 is 3.89. The average molecular weight is 171 g/mol. The highest BCUT2D eigenvalue weighted by Crippen LogP contribution is 2.11. The Hall–Kier alpha value is -1.39. The van der Waals surface area contributed by atoms with Gasteiger partial charge in [-0.1, -0.05) is 0 Å². The van der Waals surface area contributed by atoms with E-state index >= 15 is 0 Å². The van der Waals surface area contributed by atoms with Gasteiger partial charge in [0.15, 0.2) is 0 Å². The highest BCUT2D eigenvalue weighted by molar-refractivity contribution is 5.64. The summed E-state index contributed by atoms with van der Waals surface area (Å²) in [5.41, 5.74) is 4.43. The normalized spacial score (nSPS) is 22.8. The number of carbonyl (C=O) groups excluding carboxylic acids is 1. The molecular formula is C7H13N3O2. The Bertz CT molecular complexity index is 203. The van der Waals surface area contributed by atoms with E-state index in [0.29, 0.717) is 0 Å². The summed E-state index contributed by atoms with van der Waals surface area (Å²) in [7, 11) is 1.22. The Kier molecular flexibility index (Phi) is 2.79. The van der Waals surface area contributed by atoms with Crippen molar-refractivity contribution in [2.24, 2.45) is 5.73 Å². The predicted molar refractivity (Wildman–Crippen MR) is 44.2 cm³/mol. The quantitative estimate of drug-likeness (QED) is 0.459. The maximum atomic E-state index is 9.37. The summed E-state index contributed by atoms with van der Waals surface area (Å²) in [5.74, 6) is 1.24. The number of methoxy groups -OCH3 is 1. The molecule has 0 aliphatic carbocycles. The van der Waals surface area contributed by atoms with Crippen LogP contribution in [0.4, 0.5) is 4.79 Å². The third-order valence-corrected chi connectivity index (χ3v) is 1.71. The first-order valence-corrected chi connectivity index (χ1v) is 3.76. The molecule has 0 aromatic rings. The molecule has 12 heavy (non-hydrogen) atoms. The lowest BCUT2D eigenvalue weighted by Crippen LogP contribution is -2.18. The summed E-state index contributed by atoms with van der Waals surface area (Å²) in [6.45, 7) is 1.13. The third kappa shape index (κ3) is 2.34. The summed E-state index contributed by atoms with van der Waals surface area (Å²) in [6.07, 6.45) is 2.68. The SMILES string of the molecule is C1=C2NCC(C1)N2.COC(N)=O. The largest absolute Gasteiger partial charge is 0.453 e. The van der Waals surface area contributed by atoms with Gasteiger partial charge in [0.25, 0.3) is 0 Å². The maximum Gasteiger partial charge on any atom is 0.404 e. The molecule has 2 rings (SSSR count). The van der Waals surface area contributed by atoms with Crippen molar-refractivity contribution in [2.75, 3.05) is 13.7 Å². The molecule has 0 saturated carbocycles. The standard InChI is InChI=1S/C5H8N2.C2H5NO2/c1-2-5-6-3-4(1)7-5;1-5-2(3)4/h2,4,6-7H,1,3H2;1H3,(H2,3,4). The number of fused-ring (bicyclic) bond motifs is 2. The van der Waals surface area contributed by atoms with Gasteiger partial charge in [-0.05, 0) is 12.5 Å². The van der Waals surface area contributed by atoms with E-state index in [0.717, 1.165) is 12.6 Å². The van der Waals surface area contributed by atoms with Crippen LogP contribution in [0.5, 0.6) is 0 Å². The fraction of sp³-hybridized carbons (Fsp3) is 0.571. The van der Waals surface area contributed by atoms with E-state index in [9.17, 15) is 4.79 Å². The van der Waals surface area contributed by atoms with Crippen molar-refractivity contribution in [3.63, 3.8) is 0 Å². The predicted octanol–water partition coefficient (Wildman–Crippen LogP) is -0.496. The third-order valence-electron chi connectivity index (χ3n) is 1.71. The molecule has 5 nitrogen and oxygen atoms in total. The molecule has 5 heteroatoms. The first-order chi connectivity index (χ1) is 5.72. The van der Waals surface area contributed by atoms with Gasteiger partial charge >= 0.3 is 6.09 Å². The minimum absolute atomic E-state index is 0.718. The van der Waals surface area contributed by atoms with Gasteiger partial charge in [-0.2, -0.15) is 0 Å². The van der Waals surface area contributed by atoms with E-state index in [1.54, 1.807) is 0 Å². The molecule has 0 spiro atoms. The molecule has 2 bridgehead atoms. The second kappa shape index (κ2) is 3.85. The molecule has 1 fully saturated rings. The van der Waals surface area contributed by atoms with E-state index < -0.39 is 6.09 Å². The number of nitrogens with two attached hydrogens (primary N) is 1. The number of hydrogen-bond acceptors (Lipinski definition) is 4. The molecule has 1 saturated heterocycles. The fourth-order valence-electron chi connectivity index (χ4n) is 1.09. The maximum absolute atomic E-state index is 9.37. The van der Waals surface area contributed by atoms with Gasteiger partial charge < -0.3 is 21.1 Å². The summed E-state index contributed by atoms with van der Waals surface area (Å²) in [6, 6.07) is 0.718. The molecule has 0 radical (unpaired) electrons. The van der Waals surface area contributed by atoms with Crippen molar-refractivity contribution in [1.29, 1.82) is 0 Å². The van der Waals surface area contributed by atoms with Crippen LogP contribution in [0.25, 0.3) is 0 Å². The lowest BCUT2D eigenvalue weighted by Gasteiger charge is -1.99. The minimum atomic E-state index is -0.745. The van der Waals surface area contributed by atoms with Crippen molar-refractivity contribution < 1.29 is 9.53 Å². The Morgan fingerprint density at radius 1 is 1.83 bits per heavy atom. The Morgan fingerprint density at radius 3 is 2.58 bits per heavy atom. The zero-order valence-corrected chi connectivity index (χ0v) is 6.96. The minimum Gasteiger partial charge on any atom is -0.453 e. The van der Waals surface area contributed by atoms with Gasteiger partial charge in [0.1, 0.15) is 0 Å². The molecule has 2 aliphatic rings. The van der Waals surface area contributed by atoms with Gasteiger partial charge in [0, 0.05) is 12.6 Å². The van der Waals surface area contributed by atoms with E-state index in [4.69, 9.17) is 0 Å². The van der Waals surface area contributed by atoms with Crippen molar-refractivity contribution in [3.8, 4) is 0 Å². The van der Waals surface area contributed by atoms with Crippen LogP contribution >= 0.6 is 0 Å². The summed E-state index contributed by atoms with van der Waals surface area (Å²) in [4.78, 5) is 9.37. The topological polar surface area (TPSA) is 76.4 Å². The summed E-state index contributed by atoms with van der Waals surface area (Å²) >= 11 is 0. The number of hydrogen-bond donors (Lipinski definition) is 3. The number of amides is 1. The second-order valence-corrected chi connectivity index (χ2v) is 2.60.